The minimum Gasteiger partial charge on any atom is -0.496 e. The minimum atomic E-state index is 0.686. The van der Waals surface area contributed by atoms with Crippen molar-refractivity contribution in [3.63, 3.8) is 0 Å². The summed E-state index contributed by atoms with van der Waals surface area (Å²) in [5.41, 5.74) is 2.48. The summed E-state index contributed by atoms with van der Waals surface area (Å²) >= 11 is 0. The number of hydrogen-bond donors (Lipinski definition) is 0. The first-order valence-electron chi connectivity index (χ1n) is 5.57. The van der Waals surface area contributed by atoms with Crippen molar-refractivity contribution in [1.29, 1.82) is 0 Å². The van der Waals surface area contributed by atoms with E-state index in [4.69, 9.17) is 14.2 Å². The quantitative estimate of drug-likeness (QED) is 0.794. The van der Waals surface area contributed by atoms with E-state index in [0.29, 0.717) is 13.2 Å². The Hall–Kier alpha value is -1.74. The maximum Gasteiger partial charge on any atom is 0.126 e. The molecule has 1 aliphatic rings. The minimum absolute atomic E-state index is 0.686. The predicted molar refractivity (Wildman–Crippen MR) is 65.5 cm³/mol. The van der Waals surface area contributed by atoms with Gasteiger partial charge >= 0.3 is 0 Å². The van der Waals surface area contributed by atoms with Crippen LogP contribution in [0.3, 0.4) is 0 Å². The normalized spacial score (nSPS) is 13.8. The molecule has 0 amide bonds. The molecule has 3 nitrogen and oxygen atoms in total. The molecule has 0 N–H and O–H groups in total. The SMILES string of the molecule is COc1ccc(OC)c2cc3c(cc12)COC3. The van der Waals surface area contributed by atoms with Gasteiger partial charge in [-0.25, -0.2) is 0 Å². The molecule has 3 heteroatoms. The fourth-order valence-electron chi connectivity index (χ4n) is 2.32. The molecule has 1 heterocycles. The van der Waals surface area contributed by atoms with Gasteiger partial charge in [-0.1, -0.05) is 0 Å². The first-order chi connectivity index (χ1) is 8.33. The molecule has 17 heavy (non-hydrogen) atoms. The highest BCUT2D eigenvalue weighted by Gasteiger charge is 2.15. The van der Waals surface area contributed by atoms with Gasteiger partial charge in [-0.2, -0.15) is 0 Å². The molecule has 2 aromatic rings. The lowest BCUT2D eigenvalue weighted by Crippen LogP contribution is -1.91. The van der Waals surface area contributed by atoms with Crippen LogP contribution in [0.2, 0.25) is 0 Å². The third kappa shape index (κ3) is 1.54. The van der Waals surface area contributed by atoms with Crippen molar-refractivity contribution < 1.29 is 14.2 Å². The molecule has 0 bridgehead atoms. The van der Waals surface area contributed by atoms with E-state index in [2.05, 4.69) is 12.1 Å². The largest absolute Gasteiger partial charge is 0.496 e. The van der Waals surface area contributed by atoms with Crippen molar-refractivity contribution >= 4 is 10.8 Å². The van der Waals surface area contributed by atoms with E-state index in [1.807, 2.05) is 12.1 Å². The van der Waals surface area contributed by atoms with Crippen molar-refractivity contribution in [3.8, 4) is 11.5 Å². The van der Waals surface area contributed by atoms with Gasteiger partial charge in [-0.05, 0) is 35.4 Å². The van der Waals surface area contributed by atoms with Gasteiger partial charge in [0.05, 0.1) is 27.4 Å². The molecule has 3 rings (SSSR count). The second-order valence-corrected chi connectivity index (χ2v) is 4.13. The highest BCUT2D eigenvalue weighted by molar-refractivity contribution is 5.94. The lowest BCUT2D eigenvalue weighted by atomic mass is 10.0. The van der Waals surface area contributed by atoms with Crippen LogP contribution in [0.15, 0.2) is 24.3 Å². The molecule has 0 atom stereocenters. The molecule has 1 aliphatic heterocycles. The van der Waals surface area contributed by atoms with Gasteiger partial charge in [0, 0.05) is 10.8 Å². The van der Waals surface area contributed by atoms with Gasteiger partial charge in [-0.3, -0.25) is 0 Å². The fraction of sp³-hybridized carbons (Fsp3) is 0.286. The van der Waals surface area contributed by atoms with Crippen LogP contribution in [-0.4, -0.2) is 14.2 Å². The summed E-state index contributed by atoms with van der Waals surface area (Å²) < 4.78 is 16.2. The van der Waals surface area contributed by atoms with Crippen LogP contribution < -0.4 is 9.47 Å². The summed E-state index contributed by atoms with van der Waals surface area (Å²) in [5, 5.41) is 2.16. The van der Waals surface area contributed by atoms with E-state index in [1.165, 1.54) is 11.1 Å². The predicted octanol–water partition coefficient (Wildman–Crippen LogP) is 2.89. The Kier molecular flexibility index (Phi) is 2.41. The molecule has 0 aromatic heterocycles. The highest BCUT2D eigenvalue weighted by atomic mass is 16.5. The fourth-order valence-corrected chi connectivity index (χ4v) is 2.32. The Morgan fingerprint density at radius 3 is 1.76 bits per heavy atom. The van der Waals surface area contributed by atoms with Crippen molar-refractivity contribution in [2.45, 2.75) is 13.2 Å². The van der Waals surface area contributed by atoms with E-state index in [9.17, 15) is 0 Å². The van der Waals surface area contributed by atoms with Gasteiger partial charge in [0.25, 0.3) is 0 Å². The first kappa shape index (κ1) is 10.4. The van der Waals surface area contributed by atoms with Gasteiger partial charge in [0.2, 0.25) is 0 Å². The van der Waals surface area contributed by atoms with Crippen LogP contribution >= 0.6 is 0 Å². The van der Waals surface area contributed by atoms with E-state index >= 15 is 0 Å². The van der Waals surface area contributed by atoms with Crippen molar-refractivity contribution in [1.82, 2.24) is 0 Å². The molecule has 0 unspecified atom stereocenters. The lowest BCUT2D eigenvalue weighted by Gasteiger charge is -2.11. The van der Waals surface area contributed by atoms with Gasteiger partial charge in [-0.15, -0.1) is 0 Å². The monoisotopic (exact) mass is 230 g/mol. The standard InChI is InChI=1S/C14H14O3/c1-15-13-3-4-14(16-2)12-6-10-8-17-7-9(10)5-11(12)13/h3-6H,7-8H2,1-2H3. The van der Waals surface area contributed by atoms with Crippen molar-refractivity contribution in [2.75, 3.05) is 14.2 Å². The van der Waals surface area contributed by atoms with Gasteiger partial charge in [0.1, 0.15) is 11.5 Å². The van der Waals surface area contributed by atoms with E-state index in [0.717, 1.165) is 22.3 Å². The van der Waals surface area contributed by atoms with Crippen LogP contribution in [0.25, 0.3) is 10.8 Å². The Morgan fingerprint density at radius 1 is 0.882 bits per heavy atom. The van der Waals surface area contributed by atoms with Crippen LogP contribution in [-0.2, 0) is 18.0 Å². The smallest absolute Gasteiger partial charge is 0.126 e. The number of hydrogen-bond acceptors (Lipinski definition) is 3. The van der Waals surface area contributed by atoms with Crippen molar-refractivity contribution in [2.24, 2.45) is 0 Å². The molecular weight excluding hydrogens is 216 g/mol. The van der Waals surface area contributed by atoms with E-state index < -0.39 is 0 Å². The van der Waals surface area contributed by atoms with Crippen LogP contribution in [0.5, 0.6) is 11.5 Å². The summed E-state index contributed by atoms with van der Waals surface area (Å²) in [5.74, 6) is 1.74. The second kappa shape index (κ2) is 3.93. The summed E-state index contributed by atoms with van der Waals surface area (Å²) in [7, 11) is 3.37. The first-order valence-corrected chi connectivity index (χ1v) is 5.57. The number of methoxy groups -OCH3 is 2. The van der Waals surface area contributed by atoms with Crippen LogP contribution in [0, 0.1) is 0 Å². The molecule has 88 valence electrons. The van der Waals surface area contributed by atoms with Gasteiger partial charge < -0.3 is 14.2 Å². The average Bonchev–Trinajstić information content (AvgIpc) is 2.82. The molecular formula is C14H14O3. The molecule has 0 spiro atoms. The summed E-state index contributed by atoms with van der Waals surface area (Å²) in [6.45, 7) is 1.37. The summed E-state index contributed by atoms with van der Waals surface area (Å²) in [6, 6.07) is 8.14. The zero-order valence-electron chi connectivity index (χ0n) is 9.95. The van der Waals surface area contributed by atoms with E-state index in [-0.39, 0.29) is 0 Å². The number of ether oxygens (including phenoxy) is 3. The van der Waals surface area contributed by atoms with Crippen LogP contribution in [0.1, 0.15) is 11.1 Å². The Balaban J connectivity index is 2.34. The number of benzene rings is 2. The molecule has 0 saturated heterocycles. The zero-order valence-corrected chi connectivity index (χ0v) is 9.95. The number of rotatable bonds is 2. The summed E-state index contributed by atoms with van der Waals surface area (Å²) in [4.78, 5) is 0. The molecule has 0 fully saturated rings. The average molecular weight is 230 g/mol. The van der Waals surface area contributed by atoms with Crippen molar-refractivity contribution in [3.05, 3.63) is 35.4 Å². The zero-order chi connectivity index (χ0) is 11.8. The summed E-state index contributed by atoms with van der Waals surface area (Å²) in [6.07, 6.45) is 0. The maximum atomic E-state index is 5.45. The van der Waals surface area contributed by atoms with Crippen LogP contribution in [0.4, 0.5) is 0 Å². The Morgan fingerprint density at radius 2 is 1.35 bits per heavy atom. The molecule has 0 aliphatic carbocycles. The maximum absolute atomic E-state index is 5.45. The van der Waals surface area contributed by atoms with E-state index in [1.54, 1.807) is 14.2 Å². The van der Waals surface area contributed by atoms with Gasteiger partial charge in [0.15, 0.2) is 0 Å². The second-order valence-electron chi connectivity index (χ2n) is 4.13. The Bertz CT molecular complexity index is 525. The Labute approximate surface area is 99.9 Å². The number of fused-ring (bicyclic) bond motifs is 2. The third-order valence-electron chi connectivity index (χ3n) is 3.21. The molecule has 0 radical (unpaired) electrons. The third-order valence-corrected chi connectivity index (χ3v) is 3.21. The topological polar surface area (TPSA) is 27.7 Å². The highest BCUT2D eigenvalue weighted by Crippen LogP contribution is 2.36. The molecule has 2 aromatic carbocycles. The molecule has 0 saturated carbocycles. The lowest BCUT2D eigenvalue weighted by molar-refractivity contribution is 0.134.